The number of halogens is 3. The van der Waals surface area contributed by atoms with E-state index in [1.54, 1.807) is 42.3 Å². The zero-order chi connectivity index (χ0) is 28.2. The summed E-state index contributed by atoms with van der Waals surface area (Å²) in [7, 11) is -1.54. The number of rotatable bonds is 11. The summed E-state index contributed by atoms with van der Waals surface area (Å²) in [6, 6.07) is 16.6. The molecule has 0 radical (unpaired) electrons. The van der Waals surface area contributed by atoms with E-state index in [0.717, 1.165) is 30.9 Å². The average molecular weight is 557 g/mol. The largest absolute Gasteiger partial charge is 0.490 e. The molecule has 38 heavy (non-hydrogen) atoms. The van der Waals surface area contributed by atoms with E-state index in [2.05, 4.69) is 39.9 Å². The zero-order valence-corrected chi connectivity index (χ0v) is 21.7. The quantitative estimate of drug-likeness (QED) is 0.363. The van der Waals surface area contributed by atoms with Crippen molar-refractivity contribution in [2.45, 2.75) is 30.3 Å². The van der Waals surface area contributed by atoms with Crippen LogP contribution in [0.25, 0.3) is 0 Å². The number of aliphatic carboxylic acids is 1. The number of likely N-dealkylation sites (N-methyl/N-ethyl adjacent to an activating group) is 1. The first kappa shape index (κ1) is 30.8. The molecule has 2 aromatic carbocycles. The van der Waals surface area contributed by atoms with Gasteiger partial charge < -0.3 is 20.6 Å². The number of alkyl halides is 3. The lowest BCUT2D eigenvalue weighted by molar-refractivity contribution is -0.192. The molecule has 0 fully saturated rings. The molecule has 1 heterocycles. The topological polar surface area (TPSA) is 128 Å². The number of nitrogens with one attached hydrogen (secondary N) is 2. The second-order valence-electron chi connectivity index (χ2n) is 8.40. The lowest BCUT2D eigenvalue weighted by Crippen LogP contribution is -2.30. The number of amides is 1. The Balaban J connectivity index is 0.000000638. The molecule has 0 spiro atoms. The lowest BCUT2D eigenvalue weighted by atomic mass is 10.1. The highest BCUT2D eigenvalue weighted by molar-refractivity contribution is 7.91. The molecule has 9 nitrogen and oxygen atoms in total. The van der Waals surface area contributed by atoms with Gasteiger partial charge in [0.2, 0.25) is 5.91 Å². The number of hydrogen-bond acceptors (Lipinski definition) is 7. The first-order chi connectivity index (χ1) is 17.9. The molecule has 208 valence electrons. The first-order valence-electron chi connectivity index (χ1n) is 11.8. The molecule has 0 bridgehead atoms. The van der Waals surface area contributed by atoms with E-state index in [1.165, 1.54) is 5.56 Å². The highest BCUT2D eigenvalue weighted by atomic mass is 32.2. The van der Waals surface area contributed by atoms with Crippen LogP contribution in [-0.2, 0) is 25.8 Å². The van der Waals surface area contributed by atoms with E-state index in [1.807, 2.05) is 0 Å². The SMILES string of the molecule is CN(CCc1ccc(C2=NCCN2)cc1)C(=O)CCCNCS(=O)(=O)c1ccccc1.O=C(O)C(F)(F)F. The van der Waals surface area contributed by atoms with Crippen molar-refractivity contribution in [1.29, 1.82) is 0 Å². The summed E-state index contributed by atoms with van der Waals surface area (Å²) in [5.41, 5.74) is 2.27. The Morgan fingerprint density at radius 3 is 2.29 bits per heavy atom. The van der Waals surface area contributed by atoms with E-state index in [4.69, 9.17) is 9.90 Å². The molecule has 1 aliphatic heterocycles. The molecule has 0 unspecified atom stereocenters. The molecule has 2 aromatic rings. The van der Waals surface area contributed by atoms with Gasteiger partial charge in [0.25, 0.3) is 0 Å². The van der Waals surface area contributed by atoms with Crippen LogP contribution in [0.3, 0.4) is 0 Å². The van der Waals surface area contributed by atoms with E-state index < -0.39 is 22.0 Å². The molecule has 0 atom stereocenters. The molecule has 0 saturated carbocycles. The number of carboxylic acid groups (broad SMARTS) is 1. The number of carbonyl (C=O) groups is 2. The van der Waals surface area contributed by atoms with Gasteiger partial charge in [0.15, 0.2) is 9.84 Å². The zero-order valence-electron chi connectivity index (χ0n) is 20.9. The molecule has 1 aliphatic rings. The normalized spacial score (nSPS) is 13.1. The molecule has 3 N–H and O–H groups in total. The van der Waals surface area contributed by atoms with Gasteiger partial charge in [0, 0.05) is 32.1 Å². The highest BCUT2D eigenvalue weighted by Gasteiger charge is 2.38. The fourth-order valence-electron chi connectivity index (χ4n) is 3.32. The van der Waals surface area contributed by atoms with Gasteiger partial charge in [0.1, 0.15) is 11.7 Å². The second-order valence-corrected chi connectivity index (χ2v) is 10.4. The van der Waals surface area contributed by atoms with Crippen molar-refractivity contribution in [3.8, 4) is 0 Å². The molecular weight excluding hydrogens is 525 g/mol. The van der Waals surface area contributed by atoms with Gasteiger partial charge in [-0.15, -0.1) is 0 Å². The standard InChI is InChI=1S/C23H30N4O3S.C2HF3O2/c1-27(17-13-19-9-11-20(12-10-19)23-25-15-16-26-23)22(28)8-5-14-24-18-31(29,30)21-6-3-2-4-7-21;3-2(4,5)1(6)7/h2-4,6-7,9-12,24H,5,8,13-18H2,1H3,(H,25,26);(H,6,7). The molecule has 13 heteroatoms. The van der Waals surface area contributed by atoms with E-state index in [-0.39, 0.29) is 11.8 Å². The van der Waals surface area contributed by atoms with Gasteiger partial charge in [0.05, 0.1) is 11.4 Å². The van der Waals surface area contributed by atoms with Crippen LogP contribution in [0.1, 0.15) is 24.0 Å². The predicted molar refractivity (Wildman–Crippen MR) is 137 cm³/mol. The number of nitrogens with zero attached hydrogens (tertiary/aromatic N) is 2. The van der Waals surface area contributed by atoms with Crippen LogP contribution in [0.4, 0.5) is 13.2 Å². The summed E-state index contributed by atoms with van der Waals surface area (Å²) < 4.78 is 56.1. The Morgan fingerprint density at radius 2 is 1.74 bits per heavy atom. The van der Waals surface area contributed by atoms with Crippen LogP contribution >= 0.6 is 0 Å². The van der Waals surface area contributed by atoms with Gasteiger partial charge in [-0.3, -0.25) is 9.79 Å². The van der Waals surface area contributed by atoms with Gasteiger partial charge >= 0.3 is 12.1 Å². The summed E-state index contributed by atoms with van der Waals surface area (Å²) in [4.78, 5) is 27.7. The third kappa shape index (κ3) is 10.5. The number of hydrogen-bond donors (Lipinski definition) is 3. The van der Waals surface area contributed by atoms with Crippen LogP contribution in [0.5, 0.6) is 0 Å². The average Bonchev–Trinajstić information content (AvgIpc) is 3.42. The number of carbonyl (C=O) groups excluding carboxylic acids is 1. The van der Waals surface area contributed by atoms with Crippen molar-refractivity contribution in [3.63, 3.8) is 0 Å². The fraction of sp³-hybridized carbons (Fsp3) is 0.400. The van der Waals surface area contributed by atoms with E-state index in [9.17, 15) is 26.4 Å². The molecule has 0 aliphatic carbocycles. The van der Waals surface area contributed by atoms with Crippen molar-refractivity contribution in [2.75, 3.05) is 39.1 Å². The van der Waals surface area contributed by atoms with Crippen LogP contribution in [0.2, 0.25) is 0 Å². The van der Waals surface area contributed by atoms with Crippen LogP contribution < -0.4 is 10.6 Å². The summed E-state index contributed by atoms with van der Waals surface area (Å²) in [5.74, 6) is -1.87. The summed E-state index contributed by atoms with van der Waals surface area (Å²) >= 11 is 0. The van der Waals surface area contributed by atoms with E-state index >= 15 is 0 Å². The maximum absolute atomic E-state index is 12.3. The highest BCUT2D eigenvalue weighted by Crippen LogP contribution is 2.13. The van der Waals surface area contributed by atoms with Crippen molar-refractivity contribution < 1.29 is 36.3 Å². The lowest BCUT2D eigenvalue weighted by Gasteiger charge is -2.17. The number of sulfone groups is 1. The van der Waals surface area contributed by atoms with E-state index in [0.29, 0.717) is 30.8 Å². The van der Waals surface area contributed by atoms with Gasteiger partial charge in [-0.25, -0.2) is 13.2 Å². The second kappa shape index (κ2) is 14.5. The third-order valence-corrected chi connectivity index (χ3v) is 7.02. The third-order valence-electron chi connectivity index (χ3n) is 5.44. The Labute approximate surface area is 219 Å². The van der Waals surface area contributed by atoms with Crippen molar-refractivity contribution >= 4 is 27.5 Å². The van der Waals surface area contributed by atoms with Crippen LogP contribution in [0.15, 0.2) is 64.5 Å². The minimum Gasteiger partial charge on any atom is -0.475 e. The van der Waals surface area contributed by atoms with Crippen molar-refractivity contribution in [1.82, 2.24) is 15.5 Å². The van der Waals surface area contributed by atoms with Crippen LogP contribution in [-0.4, -0.2) is 81.4 Å². The first-order valence-corrected chi connectivity index (χ1v) is 13.5. The Morgan fingerprint density at radius 1 is 1.11 bits per heavy atom. The summed E-state index contributed by atoms with van der Waals surface area (Å²) in [6.07, 6.45) is -3.31. The van der Waals surface area contributed by atoms with Crippen molar-refractivity contribution in [2.24, 2.45) is 4.99 Å². The summed E-state index contributed by atoms with van der Waals surface area (Å²) in [5, 5.41) is 13.3. The predicted octanol–water partition coefficient (Wildman–Crippen LogP) is 2.47. The Kier molecular flexibility index (Phi) is 11.7. The maximum atomic E-state index is 12.3. The smallest absolute Gasteiger partial charge is 0.475 e. The summed E-state index contributed by atoms with van der Waals surface area (Å²) in [6.45, 7) is 2.84. The molecule has 0 aromatic heterocycles. The monoisotopic (exact) mass is 556 g/mol. The van der Waals surface area contributed by atoms with Crippen molar-refractivity contribution in [3.05, 3.63) is 65.7 Å². The number of carboxylic acids is 1. The molecule has 1 amide bonds. The molecular formula is C25H31F3N4O5S. The van der Waals surface area contributed by atoms with Gasteiger partial charge in [-0.05, 0) is 37.1 Å². The minimum atomic E-state index is -5.08. The van der Waals surface area contributed by atoms with Gasteiger partial charge in [-0.1, -0.05) is 42.5 Å². The Bertz CT molecular complexity index is 1190. The number of benzene rings is 2. The molecule has 3 rings (SSSR count). The number of amidine groups is 1. The van der Waals surface area contributed by atoms with Crippen LogP contribution in [0, 0.1) is 0 Å². The molecule has 0 saturated heterocycles. The van der Waals surface area contributed by atoms with Gasteiger partial charge in [-0.2, -0.15) is 13.2 Å². The minimum absolute atomic E-state index is 0.0637. The number of aliphatic imine (C=N–C) groups is 1. The maximum Gasteiger partial charge on any atom is 0.490 e. The fourth-order valence-corrected chi connectivity index (χ4v) is 4.47. The Hall–Kier alpha value is -3.45.